The molecule has 0 aromatic heterocycles. The van der Waals surface area contributed by atoms with Gasteiger partial charge in [0, 0.05) is 25.7 Å². The average Bonchev–Trinajstić information content (AvgIpc) is 0.985. The summed E-state index contributed by atoms with van der Waals surface area (Å²) in [6.07, 6.45) is 57.1. The smallest absolute Gasteiger partial charge is 0.462 e. The Hall–Kier alpha value is -1.94. The van der Waals surface area contributed by atoms with Crippen LogP contribution in [-0.2, 0) is 65.4 Å². The van der Waals surface area contributed by atoms with Gasteiger partial charge in [0.05, 0.1) is 26.4 Å². The first kappa shape index (κ1) is 96.1. The number of unbranched alkanes of at least 4 members (excludes halogenated alkanes) is 45. The lowest BCUT2D eigenvalue weighted by atomic mass is 10.0. The van der Waals surface area contributed by atoms with Crippen LogP contribution in [0.25, 0.3) is 0 Å². The van der Waals surface area contributed by atoms with Crippen molar-refractivity contribution in [2.75, 3.05) is 39.6 Å². The van der Waals surface area contributed by atoms with Crippen molar-refractivity contribution < 1.29 is 80.2 Å². The molecule has 0 aromatic rings. The summed E-state index contributed by atoms with van der Waals surface area (Å²) in [5.74, 6) is 0.110. The van der Waals surface area contributed by atoms with Gasteiger partial charge in [-0.3, -0.25) is 37.3 Å². The summed E-state index contributed by atoms with van der Waals surface area (Å²) < 4.78 is 68.6. The Bertz CT molecular complexity index is 1900. The molecule has 0 aliphatic rings. The number of carbonyl (C=O) groups is 4. The van der Waals surface area contributed by atoms with Crippen LogP contribution in [0.2, 0.25) is 0 Å². The minimum Gasteiger partial charge on any atom is -0.462 e. The van der Waals surface area contributed by atoms with E-state index in [1.165, 1.54) is 212 Å². The van der Waals surface area contributed by atoms with E-state index in [0.717, 1.165) is 108 Å². The number of ether oxygens (including phenoxy) is 4. The molecule has 0 amide bonds. The van der Waals surface area contributed by atoms with Crippen molar-refractivity contribution in [3.05, 3.63) is 0 Å². The van der Waals surface area contributed by atoms with E-state index in [2.05, 4.69) is 48.5 Å². The molecule has 19 heteroatoms. The quantitative estimate of drug-likeness (QED) is 0.0222. The molecule has 0 aliphatic carbocycles. The lowest BCUT2D eigenvalue weighted by molar-refractivity contribution is -0.161. The van der Waals surface area contributed by atoms with Crippen LogP contribution >= 0.6 is 15.6 Å². The van der Waals surface area contributed by atoms with E-state index >= 15 is 0 Å². The fourth-order valence-electron chi connectivity index (χ4n) is 12.1. The van der Waals surface area contributed by atoms with Gasteiger partial charge in [-0.05, 0) is 43.4 Å². The Morgan fingerprint density at radius 3 is 0.694 bits per heavy atom. The Morgan fingerprint density at radius 1 is 0.276 bits per heavy atom. The SMILES string of the molecule is CCCCCCCCCCCCCCCCCCCCCCC(=O)O[C@H](COC(=O)CCCCCCCCCCCCCCC(C)C)COP(=O)(O)OC[C@@H](O)COP(=O)(O)OC[C@@H](COC(=O)CCCCCCCCC(C)C)OC(=O)CCCCCCCCCCCCCC(C)C. The fraction of sp³-hybridized carbons (Fsp3) is 0.949. The second-order valence-electron chi connectivity index (χ2n) is 29.9. The summed E-state index contributed by atoms with van der Waals surface area (Å²) in [7, 11) is -9.92. The van der Waals surface area contributed by atoms with E-state index < -0.39 is 97.5 Å². The summed E-state index contributed by atoms with van der Waals surface area (Å²) in [5.41, 5.74) is 0. The molecule has 0 aliphatic heterocycles. The molecular formula is C79H154O17P2. The normalized spacial score (nSPS) is 14.0. The van der Waals surface area contributed by atoms with Gasteiger partial charge < -0.3 is 33.8 Å². The molecule has 0 radical (unpaired) electrons. The monoisotopic (exact) mass is 1440 g/mol. The van der Waals surface area contributed by atoms with Gasteiger partial charge in [-0.2, -0.15) is 0 Å². The molecule has 0 saturated carbocycles. The molecule has 582 valence electrons. The molecule has 5 atom stereocenters. The zero-order valence-corrected chi connectivity index (χ0v) is 66.0. The summed E-state index contributed by atoms with van der Waals surface area (Å²) in [4.78, 5) is 72.9. The van der Waals surface area contributed by atoms with Gasteiger partial charge in [0.1, 0.15) is 19.3 Å². The van der Waals surface area contributed by atoms with Crippen LogP contribution in [0.3, 0.4) is 0 Å². The van der Waals surface area contributed by atoms with Gasteiger partial charge in [0.15, 0.2) is 12.2 Å². The zero-order chi connectivity index (χ0) is 72.3. The van der Waals surface area contributed by atoms with E-state index in [0.29, 0.717) is 31.6 Å². The molecule has 0 spiro atoms. The number of rotatable bonds is 77. The first-order chi connectivity index (χ1) is 47.2. The van der Waals surface area contributed by atoms with Crippen molar-refractivity contribution in [2.45, 2.75) is 426 Å². The van der Waals surface area contributed by atoms with Gasteiger partial charge >= 0.3 is 39.5 Å². The molecule has 0 heterocycles. The number of aliphatic hydroxyl groups is 1. The minimum atomic E-state index is -4.96. The zero-order valence-electron chi connectivity index (χ0n) is 64.3. The van der Waals surface area contributed by atoms with Gasteiger partial charge in [-0.1, -0.05) is 357 Å². The standard InChI is InChI=1S/C79H154O17P2/c1-8-9-10-11-12-13-14-15-16-17-18-19-20-21-22-29-34-39-48-55-62-78(83)95-74(66-89-76(81)60-53-46-38-33-28-24-23-26-31-36-43-50-57-70(2)3)68-93-97(85,86)91-64-73(80)65-92-98(87,88)94-69-75(67-90-77(82)61-54-47-42-41-45-52-59-72(6)7)96-79(84)63-56-49-40-35-30-25-27-32-37-44-51-58-71(4)5/h70-75,80H,8-69H2,1-7H3,(H,85,86)(H,87,88)/t73-,74-,75-/m1/s1. The maximum Gasteiger partial charge on any atom is 0.472 e. The average molecular weight is 1440 g/mol. The molecule has 0 aromatic carbocycles. The molecule has 17 nitrogen and oxygen atoms in total. The first-order valence-electron chi connectivity index (χ1n) is 40.8. The van der Waals surface area contributed by atoms with Crippen LogP contribution in [0.5, 0.6) is 0 Å². The largest absolute Gasteiger partial charge is 0.472 e. The molecular weight excluding hydrogens is 1280 g/mol. The Balaban J connectivity index is 5.22. The molecule has 2 unspecified atom stereocenters. The highest BCUT2D eigenvalue weighted by molar-refractivity contribution is 7.47. The van der Waals surface area contributed by atoms with Crippen LogP contribution in [-0.4, -0.2) is 96.7 Å². The molecule has 0 saturated heterocycles. The Kier molecular flexibility index (Phi) is 68.1. The number of hydrogen-bond donors (Lipinski definition) is 3. The second-order valence-corrected chi connectivity index (χ2v) is 32.8. The number of phosphoric ester groups is 2. The molecule has 3 N–H and O–H groups in total. The highest BCUT2D eigenvalue weighted by Crippen LogP contribution is 2.45. The van der Waals surface area contributed by atoms with E-state index in [9.17, 15) is 43.2 Å². The van der Waals surface area contributed by atoms with Crippen molar-refractivity contribution in [3.8, 4) is 0 Å². The second kappa shape index (κ2) is 69.4. The van der Waals surface area contributed by atoms with Crippen LogP contribution in [0.15, 0.2) is 0 Å². The number of carbonyl (C=O) groups excluding carboxylic acids is 4. The minimum absolute atomic E-state index is 0.105. The Labute approximate surface area is 600 Å². The van der Waals surface area contributed by atoms with E-state index in [4.69, 9.17) is 37.0 Å². The highest BCUT2D eigenvalue weighted by Gasteiger charge is 2.30. The number of esters is 4. The van der Waals surface area contributed by atoms with Crippen molar-refractivity contribution in [1.82, 2.24) is 0 Å². The van der Waals surface area contributed by atoms with Gasteiger partial charge in [0.25, 0.3) is 0 Å². The van der Waals surface area contributed by atoms with E-state index in [-0.39, 0.29) is 25.7 Å². The summed E-state index contributed by atoms with van der Waals surface area (Å²) in [6.45, 7) is 11.9. The maximum atomic E-state index is 13.1. The number of aliphatic hydroxyl groups excluding tert-OH is 1. The third-order valence-electron chi connectivity index (χ3n) is 18.4. The fourth-order valence-corrected chi connectivity index (χ4v) is 13.7. The molecule has 0 rings (SSSR count). The van der Waals surface area contributed by atoms with Gasteiger partial charge in [-0.15, -0.1) is 0 Å². The number of phosphoric acid groups is 2. The van der Waals surface area contributed by atoms with Crippen LogP contribution < -0.4 is 0 Å². The van der Waals surface area contributed by atoms with Crippen molar-refractivity contribution in [1.29, 1.82) is 0 Å². The highest BCUT2D eigenvalue weighted by atomic mass is 31.2. The predicted octanol–water partition coefficient (Wildman–Crippen LogP) is 23.4. The van der Waals surface area contributed by atoms with Crippen molar-refractivity contribution in [3.63, 3.8) is 0 Å². The van der Waals surface area contributed by atoms with Crippen LogP contribution in [0.1, 0.15) is 408 Å². The van der Waals surface area contributed by atoms with Crippen molar-refractivity contribution in [2.24, 2.45) is 17.8 Å². The lowest BCUT2D eigenvalue weighted by Crippen LogP contribution is -2.30. The lowest BCUT2D eigenvalue weighted by Gasteiger charge is -2.21. The van der Waals surface area contributed by atoms with Crippen molar-refractivity contribution >= 4 is 39.5 Å². The summed E-state index contributed by atoms with van der Waals surface area (Å²) >= 11 is 0. The maximum absolute atomic E-state index is 13.1. The van der Waals surface area contributed by atoms with Crippen LogP contribution in [0, 0.1) is 17.8 Å². The first-order valence-corrected chi connectivity index (χ1v) is 43.8. The Morgan fingerprint density at radius 2 is 0.469 bits per heavy atom. The van der Waals surface area contributed by atoms with Gasteiger partial charge in [-0.25, -0.2) is 9.13 Å². The summed E-state index contributed by atoms with van der Waals surface area (Å²) in [5, 5.41) is 10.6. The molecule has 98 heavy (non-hydrogen) atoms. The molecule has 0 bridgehead atoms. The van der Waals surface area contributed by atoms with E-state index in [1.807, 2.05) is 0 Å². The van der Waals surface area contributed by atoms with Crippen LogP contribution in [0.4, 0.5) is 0 Å². The number of hydrogen-bond acceptors (Lipinski definition) is 15. The third kappa shape index (κ3) is 72.4. The third-order valence-corrected chi connectivity index (χ3v) is 20.3. The topological polar surface area (TPSA) is 237 Å². The molecule has 0 fully saturated rings. The predicted molar refractivity (Wildman–Crippen MR) is 400 cm³/mol. The summed E-state index contributed by atoms with van der Waals surface area (Å²) in [6, 6.07) is 0. The van der Waals surface area contributed by atoms with Gasteiger partial charge in [0.2, 0.25) is 0 Å². The van der Waals surface area contributed by atoms with E-state index in [1.54, 1.807) is 0 Å².